The van der Waals surface area contributed by atoms with Crippen molar-refractivity contribution in [2.75, 3.05) is 94.9 Å². The van der Waals surface area contributed by atoms with E-state index in [0.717, 1.165) is 42.7 Å². The maximum Gasteiger partial charge on any atom is 0.417 e. The number of rotatable bonds is 19. The van der Waals surface area contributed by atoms with Gasteiger partial charge in [-0.25, -0.2) is 0 Å². The number of alkyl halides is 3. The number of benzene rings is 1. The first-order valence-electron chi connectivity index (χ1n) is 32.6. The summed E-state index contributed by atoms with van der Waals surface area (Å²) in [6.45, 7) is 20.6. The van der Waals surface area contributed by atoms with Gasteiger partial charge in [0.1, 0.15) is 41.8 Å². The SMILES string of the molecule is CC[C@H](C)[C@@H]1NC(=O)[C@H](CC(C)C)N(C)C(=O)C[C@@H](C)NC(=O)[C@H](CC(C)C)N(C)C(=O)C(C)(C)NC(=O)[C@H](COCC(C)(C)O)N(C)C(=O)[C@H](CCc2ccc(C(F)(F)F)c(Cl)c2)NC(=O)CN(C)C(=O)[C@H](COCCC(C)C)N(C)C(=O)CN(CC)C(=O)CN(C)C1=O. The molecule has 25 nitrogen and oxygen atoms in total. The molecule has 1 aliphatic rings. The Bertz CT molecular complexity index is 2800. The van der Waals surface area contributed by atoms with Crippen LogP contribution in [0.4, 0.5) is 13.2 Å². The minimum absolute atomic E-state index is 0.0252. The lowest BCUT2D eigenvalue weighted by atomic mass is 9.95. The van der Waals surface area contributed by atoms with Crippen LogP contribution in [-0.2, 0) is 74.8 Å². The lowest BCUT2D eigenvalue weighted by Crippen LogP contribution is -2.63. The Hall–Kier alpha value is -6.65. The van der Waals surface area contributed by atoms with Gasteiger partial charge < -0.3 is 70.1 Å². The number of nitrogens with one attached hydrogen (secondary N) is 4. The molecule has 0 bridgehead atoms. The van der Waals surface area contributed by atoms with Gasteiger partial charge >= 0.3 is 6.18 Å². The van der Waals surface area contributed by atoms with Crippen molar-refractivity contribution in [1.82, 2.24) is 55.6 Å². The number of aliphatic hydroxyl groups is 1. The van der Waals surface area contributed by atoms with Crippen molar-refractivity contribution in [3.63, 3.8) is 0 Å². The lowest BCUT2D eigenvalue weighted by molar-refractivity contribution is -0.151. The van der Waals surface area contributed by atoms with Crippen molar-refractivity contribution in [2.45, 2.75) is 201 Å². The van der Waals surface area contributed by atoms with Crippen LogP contribution in [0.25, 0.3) is 0 Å². The molecule has 1 aliphatic heterocycles. The molecule has 95 heavy (non-hydrogen) atoms. The van der Waals surface area contributed by atoms with Crippen molar-refractivity contribution in [3.05, 3.63) is 34.3 Å². The molecule has 1 fully saturated rings. The van der Waals surface area contributed by atoms with Crippen molar-refractivity contribution < 1.29 is 80.5 Å². The van der Waals surface area contributed by atoms with Crippen molar-refractivity contribution >= 4 is 76.6 Å². The molecule has 8 atom stereocenters. The summed E-state index contributed by atoms with van der Waals surface area (Å²) in [5, 5.41) is 21.0. The topological polar surface area (TPSA) is 297 Å². The fraction of sp³-hybridized carbons (Fsp3) is 0.742. The van der Waals surface area contributed by atoms with Gasteiger partial charge in [0.15, 0.2) is 0 Å². The van der Waals surface area contributed by atoms with Crippen LogP contribution in [0.3, 0.4) is 0 Å². The summed E-state index contributed by atoms with van der Waals surface area (Å²) >= 11 is 6.10. The van der Waals surface area contributed by atoms with Gasteiger partial charge in [-0.15, -0.1) is 0 Å². The summed E-state index contributed by atoms with van der Waals surface area (Å²) in [6.07, 6.45) is -4.36. The maximum absolute atomic E-state index is 15.0. The lowest BCUT2D eigenvalue weighted by Gasteiger charge is -2.37. The summed E-state index contributed by atoms with van der Waals surface area (Å²) in [7, 11) is 7.97. The van der Waals surface area contributed by atoms with E-state index >= 15 is 4.79 Å². The van der Waals surface area contributed by atoms with E-state index in [4.69, 9.17) is 21.1 Å². The molecule has 0 radical (unpaired) electrons. The highest BCUT2D eigenvalue weighted by Crippen LogP contribution is 2.35. The molecule has 1 aromatic carbocycles. The molecular weight excluding hydrogens is 1260 g/mol. The van der Waals surface area contributed by atoms with Gasteiger partial charge in [0.05, 0.1) is 55.6 Å². The summed E-state index contributed by atoms with van der Waals surface area (Å²) in [5.74, 6) is -8.92. The Balaban J connectivity index is 2.96. The molecule has 0 spiro atoms. The van der Waals surface area contributed by atoms with Crippen LogP contribution in [-0.4, -0.2) is 253 Å². The Labute approximate surface area is 564 Å². The van der Waals surface area contributed by atoms with Gasteiger partial charge in [-0.05, 0) is 115 Å². The number of hydrogen-bond donors (Lipinski definition) is 5. The second-order valence-electron chi connectivity index (χ2n) is 27.6. The van der Waals surface area contributed by atoms with Crippen LogP contribution in [0.2, 0.25) is 5.02 Å². The zero-order chi connectivity index (χ0) is 72.9. The van der Waals surface area contributed by atoms with E-state index in [-0.39, 0.29) is 81.8 Å². The minimum Gasteiger partial charge on any atom is -0.388 e. The smallest absolute Gasteiger partial charge is 0.388 e. The number of carbonyl (C=O) groups excluding carboxylic acids is 11. The standard InChI is InChI=1S/C66H109ClF3N11O14/c1-21-42(9)56-62(91)76(16)34-55(85)81(22-2)35-54(84)78(18)51(37-94-28-27-39(3)4)61(90)75(15)33-52(82)72-47(26-24-44-23-25-45(46(67)32-44)66(68,69)70)60(89)79(19)50(36-95-38-64(11,12)93)59(88)74-65(13,14)63(92)80(20)49(30-41(7)8)57(86)71-43(10)31-53(83)77(17)48(29-40(5)6)58(87)73-56/h23,25,32,39-43,47-51,56,93H,21-22,24,26-31,33-38H2,1-20H3,(H,71,86)(H,72,82)(H,73,87)(H,74,88)/t42-,43+,47-,48-,49-,50-,51-,56-/m0/s1. The van der Waals surface area contributed by atoms with Crippen molar-refractivity contribution in [2.24, 2.45) is 23.7 Å². The first-order chi connectivity index (χ1) is 43.8. The maximum atomic E-state index is 15.0. The number of hydrogen-bond acceptors (Lipinski definition) is 14. The number of carbonyl (C=O) groups is 11. The second kappa shape index (κ2) is 37.8. The second-order valence-corrected chi connectivity index (χ2v) is 28.1. The quantitative estimate of drug-likeness (QED) is 0.122. The number of likely N-dealkylation sites (N-methyl/N-ethyl adjacent to an activating group) is 7. The predicted octanol–water partition coefficient (Wildman–Crippen LogP) is 4.13. The monoisotopic (exact) mass is 1370 g/mol. The molecule has 540 valence electrons. The molecule has 0 saturated carbocycles. The zero-order valence-corrected chi connectivity index (χ0v) is 60.3. The molecule has 2 rings (SSSR count). The third kappa shape index (κ3) is 26.7. The van der Waals surface area contributed by atoms with Gasteiger partial charge in [0, 0.05) is 67.9 Å². The van der Waals surface area contributed by atoms with Crippen LogP contribution in [0.5, 0.6) is 0 Å². The first kappa shape index (κ1) is 84.4. The Morgan fingerprint density at radius 2 is 1.20 bits per heavy atom. The Morgan fingerprint density at radius 3 is 1.73 bits per heavy atom. The van der Waals surface area contributed by atoms with Crippen LogP contribution in [0.1, 0.15) is 147 Å². The highest BCUT2D eigenvalue weighted by Gasteiger charge is 2.43. The van der Waals surface area contributed by atoms with E-state index in [9.17, 15) is 66.2 Å². The van der Waals surface area contributed by atoms with Crippen LogP contribution in [0, 0.1) is 23.7 Å². The van der Waals surface area contributed by atoms with Crippen molar-refractivity contribution in [3.8, 4) is 0 Å². The minimum atomic E-state index is -4.80. The molecule has 0 aliphatic carbocycles. The number of halogens is 4. The molecule has 11 amide bonds. The number of amides is 11. The van der Waals surface area contributed by atoms with E-state index in [1.807, 2.05) is 48.5 Å². The highest BCUT2D eigenvalue weighted by atomic mass is 35.5. The fourth-order valence-electron chi connectivity index (χ4n) is 10.5. The van der Waals surface area contributed by atoms with Gasteiger partial charge in [-0.2, -0.15) is 13.2 Å². The average Bonchev–Trinajstić information content (AvgIpc) is 0.845. The van der Waals surface area contributed by atoms with Gasteiger partial charge in [-0.1, -0.05) is 79.5 Å². The molecule has 0 unspecified atom stereocenters. The molecule has 29 heteroatoms. The molecular formula is C66H109ClF3N11O14. The predicted molar refractivity (Wildman–Crippen MR) is 353 cm³/mol. The van der Waals surface area contributed by atoms with E-state index in [0.29, 0.717) is 12.8 Å². The van der Waals surface area contributed by atoms with Crippen molar-refractivity contribution in [1.29, 1.82) is 0 Å². The third-order valence-electron chi connectivity index (χ3n) is 16.6. The Morgan fingerprint density at radius 1 is 0.653 bits per heavy atom. The van der Waals surface area contributed by atoms with E-state index in [1.165, 1.54) is 79.8 Å². The number of ether oxygens (including phenoxy) is 2. The highest BCUT2D eigenvalue weighted by molar-refractivity contribution is 6.31. The van der Waals surface area contributed by atoms with Gasteiger partial charge in [0.25, 0.3) is 0 Å². The van der Waals surface area contributed by atoms with E-state index in [2.05, 4.69) is 21.3 Å². The summed E-state index contributed by atoms with van der Waals surface area (Å²) in [5.41, 5.74) is -4.21. The normalized spacial score (nSPS) is 23.4. The van der Waals surface area contributed by atoms with Gasteiger partial charge in [0.2, 0.25) is 65.0 Å². The molecule has 0 aromatic heterocycles. The Kier molecular flexibility index (Phi) is 33.6. The van der Waals surface area contributed by atoms with E-state index < -0.39 is 167 Å². The molecule has 1 heterocycles. The zero-order valence-electron chi connectivity index (χ0n) is 59.6. The first-order valence-corrected chi connectivity index (χ1v) is 33.0. The van der Waals surface area contributed by atoms with Gasteiger partial charge in [-0.3, -0.25) is 52.7 Å². The van der Waals surface area contributed by atoms with E-state index in [1.54, 1.807) is 20.8 Å². The molecule has 1 aromatic rings. The third-order valence-corrected chi connectivity index (χ3v) is 16.9. The van der Waals surface area contributed by atoms with Crippen LogP contribution < -0.4 is 21.3 Å². The number of aryl methyl sites for hydroxylation is 1. The fourth-order valence-corrected chi connectivity index (χ4v) is 10.8. The van der Waals surface area contributed by atoms with Crippen LogP contribution in [0.15, 0.2) is 18.2 Å². The summed E-state index contributed by atoms with van der Waals surface area (Å²) in [6, 6.07) is -6.02. The molecule has 1 saturated heterocycles. The summed E-state index contributed by atoms with van der Waals surface area (Å²) < 4.78 is 53.2. The van der Waals surface area contributed by atoms with Crippen LogP contribution >= 0.6 is 11.6 Å². The molecule has 5 N–H and O–H groups in total. The average molecular weight is 1370 g/mol. The largest absolute Gasteiger partial charge is 0.417 e. The number of nitrogens with zero attached hydrogens (tertiary/aromatic N) is 7. The summed E-state index contributed by atoms with van der Waals surface area (Å²) in [4.78, 5) is 167.